The number of anilines is 1. The maximum atomic E-state index is 12.6. The number of sulfonamides is 1. The van der Waals surface area contributed by atoms with Crippen molar-refractivity contribution in [3.05, 3.63) is 54.0 Å². The normalized spacial score (nSPS) is 18.1. The van der Waals surface area contributed by atoms with E-state index in [0.29, 0.717) is 19.1 Å². The zero-order valence-electron chi connectivity index (χ0n) is 22.2. The van der Waals surface area contributed by atoms with Gasteiger partial charge in [0.05, 0.1) is 17.3 Å². The van der Waals surface area contributed by atoms with Crippen molar-refractivity contribution in [2.45, 2.75) is 58.9 Å². The average molecular weight is 523 g/mol. The van der Waals surface area contributed by atoms with Gasteiger partial charge in [0.15, 0.2) is 0 Å². The molecule has 2 aliphatic heterocycles. The molecule has 198 valence electrons. The van der Waals surface area contributed by atoms with Crippen molar-refractivity contribution in [1.82, 2.24) is 24.1 Å². The molecule has 0 atom stereocenters. The number of nitrogens with zero attached hydrogens (tertiary/aromatic N) is 6. The smallest absolute Gasteiger partial charge is 0.225 e. The Kier molecular flexibility index (Phi) is 7.62. The molecule has 2 aromatic heterocycles. The lowest BCUT2D eigenvalue weighted by atomic mass is 9.99. The van der Waals surface area contributed by atoms with Crippen molar-refractivity contribution in [3.63, 3.8) is 0 Å². The van der Waals surface area contributed by atoms with Gasteiger partial charge < -0.3 is 4.90 Å². The molecule has 3 aromatic rings. The minimum atomic E-state index is -3.19. The van der Waals surface area contributed by atoms with E-state index in [2.05, 4.69) is 56.9 Å². The Morgan fingerprint density at radius 2 is 1.84 bits per heavy atom. The quantitative estimate of drug-likeness (QED) is 0.427. The molecule has 0 N–H and O–H groups in total. The van der Waals surface area contributed by atoms with Crippen LogP contribution in [0.3, 0.4) is 0 Å². The minimum Gasteiger partial charge on any atom is -0.341 e. The van der Waals surface area contributed by atoms with Gasteiger partial charge in [0.2, 0.25) is 16.0 Å². The summed E-state index contributed by atoms with van der Waals surface area (Å²) in [4.78, 5) is 11.4. The van der Waals surface area contributed by atoms with Crippen LogP contribution in [-0.2, 0) is 16.4 Å². The molecule has 2 aliphatic rings. The summed E-state index contributed by atoms with van der Waals surface area (Å²) >= 11 is 0. The number of piperidine rings is 1. The Morgan fingerprint density at radius 3 is 2.49 bits per heavy atom. The van der Waals surface area contributed by atoms with Crippen LogP contribution < -0.4 is 4.90 Å². The molecule has 1 fully saturated rings. The lowest BCUT2D eigenvalue weighted by Gasteiger charge is -2.32. The zero-order chi connectivity index (χ0) is 26.0. The summed E-state index contributed by atoms with van der Waals surface area (Å²) in [7, 11) is -3.19. The van der Waals surface area contributed by atoms with E-state index in [4.69, 9.17) is 5.10 Å². The van der Waals surface area contributed by atoms with E-state index in [1.165, 1.54) is 11.1 Å². The third-order valence-corrected chi connectivity index (χ3v) is 9.56. The summed E-state index contributed by atoms with van der Waals surface area (Å²) in [6.45, 7) is 8.89. The summed E-state index contributed by atoms with van der Waals surface area (Å²) < 4.78 is 28.9. The largest absolute Gasteiger partial charge is 0.341 e. The fraction of sp³-hybridized carbons (Fsp3) is 0.536. The second-order valence-corrected chi connectivity index (χ2v) is 12.8. The molecule has 0 spiro atoms. The van der Waals surface area contributed by atoms with Gasteiger partial charge in [-0.2, -0.15) is 9.40 Å². The van der Waals surface area contributed by atoms with Gasteiger partial charge >= 0.3 is 0 Å². The second-order valence-electron chi connectivity index (χ2n) is 10.8. The van der Waals surface area contributed by atoms with Crippen LogP contribution in [-0.4, -0.2) is 64.4 Å². The molecule has 8 nitrogen and oxygen atoms in total. The molecule has 1 aromatic carbocycles. The summed E-state index contributed by atoms with van der Waals surface area (Å²) in [5.41, 5.74) is 4.56. The maximum Gasteiger partial charge on any atom is 0.225 e. The monoisotopic (exact) mass is 522 g/mol. The number of hydrogen-bond acceptors (Lipinski definition) is 6. The van der Waals surface area contributed by atoms with Gasteiger partial charge in [-0.3, -0.25) is 4.68 Å². The maximum absolute atomic E-state index is 12.6. The van der Waals surface area contributed by atoms with Crippen LogP contribution in [0.15, 0.2) is 42.9 Å². The number of aromatic nitrogens is 4. The van der Waals surface area contributed by atoms with E-state index >= 15 is 0 Å². The molecule has 1 saturated heterocycles. The van der Waals surface area contributed by atoms with Crippen molar-refractivity contribution < 1.29 is 8.42 Å². The van der Waals surface area contributed by atoms with Gasteiger partial charge in [0, 0.05) is 50.2 Å². The van der Waals surface area contributed by atoms with E-state index in [1.54, 1.807) is 4.31 Å². The van der Waals surface area contributed by atoms with E-state index < -0.39 is 10.0 Å². The Labute approximate surface area is 220 Å². The predicted molar refractivity (Wildman–Crippen MR) is 149 cm³/mol. The summed E-state index contributed by atoms with van der Waals surface area (Å²) in [5.74, 6) is 1.16. The topological polar surface area (TPSA) is 84.2 Å². The lowest BCUT2D eigenvalue weighted by molar-refractivity contribution is 0.367. The molecule has 0 bridgehead atoms. The van der Waals surface area contributed by atoms with Crippen LogP contribution in [0.2, 0.25) is 0 Å². The van der Waals surface area contributed by atoms with E-state index in [1.807, 2.05) is 26.2 Å². The van der Waals surface area contributed by atoms with Gasteiger partial charge in [-0.15, -0.1) is 0 Å². The van der Waals surface area contributed by atoms with Crippen LogP contribution in [0.25, 0.3) is 16.5 Å². The minimum absolute atomic E-state index is 0.131. The molecular weight excluding hydrogens is 484 g/mol. The SMILES string of the molecule is CCCc1cnc(N2CCC(n3cc4cc(C5=CCN(S(=O)(=O)CC(C)C)CC5)ccc4n3)CC2)nc1. The predicted octanol–water partition coefficient (Wildman–Crippen LogP) is 4.70. The van der Waals surface area contributed by atoms with Gasteiger partial charge in [-0.25, -0.2) is 18.4 Å². The van der Waals surface area contributed by atoms with Crippen LogP contribution in [0, 0.1) is 5.92 Å². The van der Waals surface area contributed by atoms with Crippen LogP contribution >= 0.6 is 0 Å². The highest BCUT2D eigenvalue weighted by Gasteiger charge is 2.26. The molecule has 0 unspecified atom stereocenters. The Balaban J connectivity index is 1.23. The van der Waals surface area contributed by atoms with Crippen LogP contribution in [0.1, 0.15) is 63.6 Å². The Bertz CT molecular complexity index is 1360. The Morgan fingerprint density at radius 1 is 1.08 bits per heavy atom. The highest BCUT2D eigenvalue weighted by atomic mass is 32.2. The third kappa shape index (κ3) is 5.88. The lowest BCUT2D eigenvalue weighted by Crippen LogP contribution is -2.37. The fourth-order valence-corrected chi connectivity index (χ4v) is 7.11. The number of benzene rings is 1. The fourth-order valence-electron chi connectivity index (χ4n) is 5.38. The first-order valence-corrected chi connectivity index (χ1v) is 15.2. The number of hydrogen-bond donors (Lipinski definition) is 0. The molecule has 0 radical (unpaired) electrons. The highest BCUT2D eigenvalue weighted by Crippen LogP contribution is 2.29. The highest BCUT2D eigenvalue weighted by molar-refractivity contribution is 7.89. The molecular formula is C28H38N6O2S. The van der Waals surface area contributed by atoms with E-state index in [0.717, 1.165) is 67.6 Å². The Hall–Kier alpha value is -2.78. The number of fused-ring (bicyclic) bond motifs is 1. The van der Waals surface area contributed by atoms with Crippen LogP contribution in [0.5, 0.6) is 0 Å². The average Bonchev–Trinajstić information content (AvgIpc) is 3.32. The van der Waals surface area contributed by atoms with Crippen molar-refractivity contribution >= 4 is 32.4 Å². The van der Waals surface area contributed by atoms with Crippen molar-refractivity contribution in [3.8, 4) is 0 Å². The van der Waals surface area contributed by atoms with Crippen molar-refractivity contribution in [2.75, 3.05) is 36.8 Å². The first kappa shape index (κ1) is 25.9. The molecule has 4 heterocycles. The van der Waals surface area contributed by atoms with E-state index in [-0.39, 0.29) is 11.7 Å². The zero-order valence-corrected chi connectivity index (χ0v) is 23.0. The van der Waals surface area contributed by atoms with Crippen molar-refractivity contribution in [1.29, 1.82) is 0 Å². The summed E-state index contributed by atoms with van der Waals surface area (Å²) in [6.07, 6.45) is 13.0. The third-order valence-electron chi connectivity index (χ3n) is 7.35. The van der Waals surface area contributed by atoms with E-state index in [9.17, 15) is 8.42 Å². The molecule has 0 saturated carbocycles. The van der Waals surface area contributed by atoms with Gasteiger partial charge in [-0.05, 0) is 60.4 Å². The number of rotatable bonds is 8. The van der Waals surface area contributed by atoms with Crippen molar-refractivity contribution in [2.24, 2.45) is 5.92 Å². The van der Waals surface area contributed by atoms with Gasteiger partial charge in [0.1, 0.15) is 0 Å². The summed E-state index contributed by atoms with van der Waals surface area (Å²) in [6, 6.07) is 6.76. The first-order chi connectivity index (χ1) is 17.8. The number of aryl methyl sites for hydroxylation is 1. The first-order valence-electron chi connectivity index (χ1n) is 13.5. The molecule has 37 heavy (non-hydrogen) atoms. The summed E-state index contributed by atoms with van der Waals surface area (Å²) in [5, 5.41) is 6.01. The molecule has 5 rings (SSSR count). The standard InChI is InChI=1S/C28H38N6O2S/c1-4-5-22-17-29-28(30-18-22)32-12-10-26(11-13-32)34-19-25-16-24(6-7-27(25)31-34)23-8-14-33(15-9-23)37(35,36)20-21(2)3/h6-8,16-19,21,26H,4-5,9-15,20H2,1-3H3. The molecule has 9 heteroatoms. The van der Waals surface area contributed by atoms with Gasteiger partial charge in [-0.1, -0.05) is 39.3 Å². The molecule has 0 aliphatic carbocycles. The molecule has 0 amide bonds. The van der Waals surface area contributed by atoms with Gasteiger partial charge in [0.25, 0.3) is 0 Å². The van der Waals surface area contributed by atoms with Crippen LogP contribution in [0.4, 0.5) is 5.95 Å². The second kappa shape index (κ2) is 10.9.